The Morgan fingerprint density at radius 3 is 1.86 bits per heavy atom. The standard InChI is InChI=1S/C5H10O2/c6-4-2-1-3-5(4)7/h4-7H,1-3H2/t4-,5+/i1D2. The van der Waals surface area contributed by atoms with E-state index >= 15 is 0 Å². The summed E-state index contributed by atoms with van der Waals surface area (Å²) in [5, 5.41) is 17.7. The molecule has 2 atom stereocenters. The van der Waals surface area contributed by atoms with Gasteiger partial charge in [0.1, 0.15) is 0 Å². The molecular weight excluding hydrogens is 92.1 g/mol. The predicted molar refractivity (Wildman–Crippen MR) is 25.9 cm³/mol. The first kappa shape index (κ1) is 3.05. The molecule has 0 bridgehead atoms. The number of hydrogen-bond donors (Lipinski definition) is 2. The molecule has 1 aliphatic carbocycles. The second-order valence-corrected chi connectivity index (χ2v) is 1.79. The van der Waals surface area contributed by atoms with Gasteiger partial charge < -0.3 is 10.2 Å². The van der Waals surface area contributed by atoms with E-state index in [1.807, 2.05) is 0 Å². The summed E-state index contributed by atoms with van der Waals surface area (Å²) in [6, 6.07) is 0. The Labute approximate surface area is 45.6 Å². The Morgan fingerprint density at radius 2 is 1.71 bits per heavy atom. The van der Waals surface area contributed by atoms with Gasteiger partial charge in [-0.3, -0.25) is 0 Å². The molecule has 42 valence electrons. The monoisotopic (exact) mass is 104 g/mol. The molecule has 0 amide bonds. The minimum atomic E-state index is -1.36. The van der Waals surface area contributed by atoms with Gasteiger partial charge in [0.2, 0.25) is 0 Å². The molecule has 2 heteroatoms. The maximum atomic E-state index is 8.84. The van der Waals surface area contributed by atoms with Crippen LogP contribution in [-0.2, 0) is 0 Å². The van der Waals surface area contributed by atoms with E-state index < -0.39 is 18.6 Å². The highest BCUT2D eigenvalue weighted by Crippen LogP contribution is 2.17. The van der Waals surface area contributed by atoms with Crippen molar-refractivity contribution in [3.63, 3.8) is 0 Å². The van der Waals surface area contributed by atoms with Gasteiger partial charge in [0.15, 0.2) is 0 Å². The summed E-state index contributed by atoms with van der Waals surface area (Å²) in [6.07, 6.45) is -2.96. The third-order valence-corrected chi connectivity index (χ3v) is 1.15. The Bertz CT molecular complexity index is 104. The molecule has 1 fully saturated rings. The first-order valence-corrected chi connectivity index (χ1v) is 2.37. The number of aliphatic hydroxyl groups is 2. The molecule has 0 aromatic rings. The Hall–Kier alpha value is -0.0800. The number of rotatable bonds is 0. The van der Waals surface area contributed by atoms with E-state index in [-0.39, 0.29) is 12.8 Å². The van der Waals surface area contributed by atoms with Crippen molar-refractivity contribution in [3.8, 4) is 0 Å². The summed E-state index contributed by atoms with van der Waals surface area (Å²) in [5.74, 6) is 0. The summed E-state index contributed by atoms with van der Waals surface area (Å²) in [7, 11) is 0. The predicted octanol–water partition coefficient (Wildman–Crippen LogP) is -0.108. The smallest absolute Gasteiger partial charge is 0.0799 e. The van der Waals surface area contributed by atoms with Crippen LogP contribution < -0.4 is 0 Å². The molecule has 1 rings (SSSR count). The SMILES string of the molecule is [2H]C1([2H])C[C@@H](O)[C@@H](O)C1. The molecule has 0 aromatic carbocycles. The Balaban J connectivity index is 2.54. The lowest BCUT2D eigenvalue weighted by Crippen LogP contribution is -2.17. The summed E-state index contributed by atoms with van der Waals surface area (Å²) >= 11 is 0. The average molecular weight is 104 g/mol. The maximum absolute atomic E-state index is 8.84. The first-order chi connectivity index (χ1) is 4.01. The van der Waals surface area contributed by atoms with Crippen LogP contribution >= 0.6 is 0 Å². The van der Waals surface area contributed by atoms with E-state index in [0.29, 0.717) is 0 Å². The lowest BCUT2D eigenvalue weighted by Gasteiger charge is -2.03. The van der Waals surface area contributed by atoms with Gasteiger partial charge in [-0.05, 0) is 19.2 Å². The van der Waals surface area contributed by atoms with E-state index in [2.05, 4.69) is 0 Å². The first-order valence-electron chi connectivity index (χ1n) is 3.37. The fourth-order valence-electron chi connectivity index (χ4n) is 0.651. The van der Waals surface area contributed by atoms with E-state index in [4.69, 9.17) is 13.0 Å². The summed E-state index contributed by atoms with van der Waals surface area (Å²) in [6.45, 7) is 0. The fourth-order valence-corrected chi connectivity index (χ4v) is 0.651. The molecule has 0 spiro atoms. The van der Waals surface area contributed by atoms with Gasteiger partial charge in [-0.2, -0.15) is 0 Å². The van der Waals surface area contributed by atoms with Crippen molar-refractivity contribution in [2.24, 2.45) is 0 Å². The number of aliphatic hydroxyl groups excluding tert-OH is 2. The average Bonchev–Trinajstić information content (AvgIpc) is 1.79. The van der Waals surface area contributed by atoms with E-state index in [9.17, 15) is 0 Å². The van der Waals surface area contributed by atoms with Crippen LogP contribution in [0.3, 0.4) is 0 Å². The van der Waals surface area contributed by atoms with Crippen LogP contribution in [0.2, 0.25) is 0 Å². The van der Waals surface area contributed by atoms with Gasteiger partial charge in [-0.1, -0.05) is 0 Å². The molecular formula is C5H10O2. The van der Waals surface area contributed by atoms with Crippen LogP contribution in [0.25, 0.3) is 0 Å². The third-order valence-electron chi connectivity index (χ3n) is 1.15. The summed E-state index contributed by atoms with van der Waals surface area (Å²) in [5.41, 5.74) is 0. The van der Waals surface area contributed by atoms with E-state index in [1.165, 1.54) is 0 Å². The highest BCUT2D eigenvalue weighted by Gasteiger charge is 2.21. The molecule has 0 heterocycles. The van der Waals surface area contributed by atoms with E-state index in [0.717, 1.165) is 0 Å². The van der Waals surface area contributed by atoms with Crippen molar-refractivity contribution in [1.82, 2.24) is 0 Å². The second-order valence-electron chi connectivity index (χ2n) is 1.79. The zero-order valence-electron chi connectivity index (χ0n) is 5.96. The van der Waals surface area contributed by atoms with Crippen LogP contribution in [0.5, 0.6) is 0 Å². The van der Waals surface area contributed by atoms with Gasteiger partial charge in [0.25, 0.3) is 0 Å². The van der Waals surface area contributed by atoms with Crippen molar-refractivity contribution in [2.75, 3.05) is 0 Å². The third kappa shape index (κ3) is 0.924. The van der Waals surface area contributed by atoms with Gasteiger partial charge in [-0.15, -0.1) is 0 Å². The molecule has 1 aliphatic rings. The van der Waals surface area contributed by atoms with Crippen LogP contribution in [-0.4, -0.2) is 22.4 Å². The molecule has 0 radical (unpaired) electrons. The molecule has 7 heavy (non-hydrogen) atoms. The van der Waals surface area contributed by atoms with Crippen molar-refractivity contribution < 1.29 is 13.0 Å². The van der Waals surface area contributed by atoms with Crippen molar-refractivity contribution in [2.45, 2.75) is 31.4 Å². The highest BCUT2D eigenvalue weighted by atomic mass is 16.3. The fraction of sp³-hybridized carbons (Fsp3) is 1.00. The topological polar surface area (TPSA) is 40.5 Å². The molecule has 0 aromatic heterocycles. The quantitative estimate of drug-likeness (QED) is 0.450. The molecule has 2 nitrogen and oxygen atoms in total. The largest absolute Gasteiger partial charge is 0.390 e. The van der Waals surface area contributed by atoms with Crippen LogP contribution in [0, 0.1) is 0 Å². The van der Waals surface area contributed by atoms with Gasteiger partial charge in [-0.25, -0.2) is 0 Å². The van der Waals surface area contributed by atoms with Crippen molar-refractivity contribution in [3.05, 3.63) is 0 Å². The van der Waals surface area contributed by atoms with Gasteiger partial charge in [0.05, 0.1) is 12.2 Å². The number of hydrogen-bond acceptors (Lipinski definition) is 2. The van der Waals surface area contributed by atoms with E-state index in [1.54, 1.807) is 0 Å². The molecule has 1 saturated carbocycles. The Morgan fingerprint density at radius 1 is 1.29 bits per heavy atom. The van der Waals surface area contributed by atoms with Gasteiger partial charge in [0, 0.05) is 2.74 Å². The van der Waals surface area contributed by atoms with Crippen LogP contribution in [0.1, 0.15) is 22.0 Å². The van der Waals surface area contributed by atoms with Crippen molar-refractivity contribution >= 4 is 0 Å². The minimum absolute atomic E-state index is 0.0637. The van der Waals surface area contributed by atoms with Gasteiger partial charge >= 0.3 is 0 Å². The highest BCUT2D eigenvalue weighted by molar-refractivity contribution is 4.74. The lowest BCUT2D eigenvalue weighted by molar-refractivity contribution is 0.0438. The molecule has 0 unspecified atom stereocenters. The molecule has 0 saturated heterocycles. The zero-order valence-corrected chi connectivity index (χ0v) is 3.96. The van der Waals surface area contributed by atoms with Crippen LogP contribution in [0.15, 0.2) is 0 Å². The molecule has 0 aliphatic heterocycles. The minimum Gasteiger partial charge on any atom is -0.390 e. The molecule has 2 N–H and O–H groups in total. The normalized spacial score (nSPS) is 53.4. The Kier molecular flexibility index (Phi) is 0.784. The van der Waals surface area contributed by atoms with Crippen LogP contribution in [0.4, 0.5) is 0 Å². The van der Waals surface area contributed by atoms with Crippen molar-refractivity contribution in [1.29, 1.82) is 0 Å². The second kappa shape index (κ2) is 1.80. The summed E-state index contributed by atoms with van der Waals surface area (Å²) < 4.78 is 14.2. The zero-order chi connectivity index (χ0) is 7.07. The summed E-state index contributed by atoms with van der Waals surface area (Å²) in [4.78, 5) is 0. The maximum Gasteiger partial charge on any atom is 0.0799 e. The lowest BCUT2D eigenvalue weighted by atomic mass is 10.3.